The summed E-state index contributed by atoms with van der Waals surface area (Å²) in [6.45, 7) is 3.24. The van der Waals surface area contributed by atoms with Gasteiger partial charge in [0.1, 0.15) is 12.4 Å². The summed E-state index contributed by atoms with van der Waals surface area (Å²) in [5, 5.41) is 2.80. The Morgan fingerprint density at radius 2 is 2.22 bits per heavy atom. The summed E-state index contributed by atoms with van der Waals surface area (Å²) in [5.74, 6) is 0.505. The van der Waals surface area contributed by atoms with Crippen LogP contribution < -0.4 is 15.8 Å². The van der Waals surface area contributed by atoms with Crippen LogP contribution in [0.5, 0.6) is 5.75 Å². The normalized spacial score (nSPS) is 11.9. The number of benzene rings is 1. The number of ether oxygens (including phenoxy) is 2. The average molecular weight is 252 g/mol. The van der Waals surface area contributed by atoms with Crippen molar-refractivity contribution in [1.29, 1.82) is 0 Å². The average Bonchev–Trinajstić information content (AvgIpc) is 2.39. The van der Waals surface area contributed by atoms with Gasteiger partial charge in [-0.1, -0.05) is 6.07 Å². The number of amides is 1. The minimum absolute atomic E-state index is 0.0458. The Morgan fingerprint density at radius 1 is 1.44 bits per heavy atom. The Kier molecular flexibility index (Phi) is 6.18. The zero-order valence-corrected chi connectivity index (χ0v) is 10.8. The topological polar surface area (TPSA) is 73.6 Å². The van der Waals surface area contributed by atoms with Gasteiger partial charge in [0.15, 0.2) is 0 Å². The Labute approximate surface area is 107 Å². The summed E-state index contributed by atoms with van der Waals surface area (Å²) in [4.78, 5) is 11.8. The highest BCUT2D eigenvalue weighted by molar-refractivity contribution is 5.94. The number of nitrogens with two attached hydrogens (primary N) is 1. The third-order valence-corrected chi connectivity index (χ3v) is 2.38. The number of methoxy groups -OCH3 is 1. The van der Waals surface area contributed by atoms with Crippen molar-refractivity contribution in [2.24, 2.45) is 5.73 Å². The lowest BCUT2D eigenvalue weighted by molar-refractivity contribution is 0.0940. The van der Waals surface area contributed by atoms with E-state index in [0.29, 0.717) is 31.1 Å². The summed E-state index contributed by atoms with van der Waals surface area (Å²) >= 11 is 0. The van der Waals surface area contributed by atoms with Crippen molar-refractivity contribution in [2.75, 3.05) is 26.9 Å². The quantitative estimate of drug-likeness (QED) is 0.704. The summed E-state index contributed by atoms with van der Waals surface area (Å²) in [7, 11) is 1.61. The number of rotatable bonds is 7. The van der Waals surface area contributed by atoms with Gasteiger partial charge in [-0.15, -0.1) is 0 Å². The van der Waals surface area contributed by atoms with Crippen LogP contribution >= 0.6 is 0 Å². The third-order valence-electron chi connectivity index (χ3n) is 2.38. The van der Waals surface area contributed by atoms with E-state index in [1.165, 1.54) is 0 Å². The first-order chi connectivity index (χ1) is 8.67. The molecule has 0 bridgehead atoms. The van der Waals surface area contributed by atoms with Gasteiger partial charge in [0.2, 0.25) is 0 Å². The molecular weight excluding hydrogens is 232 g/mol. The lowest BCUT2D eigenvalue weighted by atomic mass is 10.2. The molecule has 0 aromatic heterocycles. The molecule has 18 heavy (non-hydrogen) atoms. The highest BCUT2D eigenvalue weighted by atomic mass is 16.5. The molecule has 1 aromatic carbocycles. The van der Waals surface area contributed by atoms with Crippen LogP contribution in [0.1, 0.15) is 17.3 Å². The molecule has 1 atom stereocenters. The first-order valence-electron chi connectivity index (χ1n) is 5.90. The molecule has 1 amide bonds. The molecule has 0 unspecified atom stereocenters. The molecular formula is C13H20N2O3. The smallest absolute Gasteiger partial charge is 0.251 e. The molecule has 0 saturated carbocycles. The van der Waals surface area contributed by atoms with Crippen LogP contribution in [0.2, 0.25) is 0 Å². The maximum Gasteiger partial charge on any atom is 0.251 e. The first-order valence-corrected chi connectivity index (χ1v) is 5.90. The molecule has 0 aliphatic carbocycles. The van der Waals surface area contributed by atoms with Crippen molar-refractivity contribution in [3.8, 4) is 5.75 Å². The van der Waals surface area contributed by atoms with Crippen molar-refractivity contribution in [1.82, 2.24) is 5.32 Å². The highest BCUT2D eigenvalue weighted by Gasteiger charge is 2.09. The molecule has 0 fully saturated rings. The fourth-order valence-electron chi connectivity index (χ4n) is 1.34. The number of carbonyl (C=O) groups is 1. The largest absolute Gasteiger partial charge is 0.491 e. The summed E-state index contributed by atoms with van der Waals surface area (Å²) in [6, 6.07) is 6.98. The lowest BCUT2D eigenvalue weighted by Gasteiger charge is -2.12. The zero-order valence-electron chi connectivity index (χ0n) is 10.8. The second kappa shape index (κ2) is 7.68. The molecule has 1 rings (SSSR count). The van der Waals surface area contributed by atoms with Crippen LogP contribution in [0.25, 0.3) is 0 Å². The lowest BCUT2D eigenvalue weighted by Crippen LogP contribution is -2.37. The van der Waals surface area contributed by atoms with Crippen LogP contribution in [0.4, 0.5) is 0 Å². The molecule has 5 heteroatoms. The first kappa shape index (κ1) is 14.5. The van der Waals surface area contributed by atoms with Crippen LogP contribution in [0.3, 0.4) is 0 Å². The standard InChI is InChI=1S/C13H20N2O3/c1-10(9-14)15-13(16)11-4-3-5-12(8-11)18-7-6-17-2/h3-5,8,10H,6-7,9,14H2,1-2H3,(H,15,16)/t10-/m0/s1. The van der Waals surface area contributed by atoms with Gasteiger partial charge >= 0.3 is 0 Å². The van der Waals surface area contributed by atoms with E-state index in [4.69, 9.17) is 15.2 Å². The Balaban J connectivity index is 2.60. The number of carbonyl (C=O) groups excluding carboxylic acids is 1. The Bertz CT molecular complexity index is 382. The van der Waals surface area contributed by atoms with E-state index < -0.39 is 0 Å². The van der Waals surface area contributed by atoms with Gasteiger partial charge in [0.25, 0.3) is 5.91 Å². The SMILES string of the molecule is COCCOc1cccc(C(=O)N[C@@H](C)CN)c1. The number of hydrogen-bond donors (Lipinski definition) is 2. The summed E-state index contributed by atoms with van der Waals surface area (Å²) in [6.07, 6.45) is 0. The van der Waals surface area contributed by atoms with E-state index in [1.54, 1.807) is 31.4 Å². The van der Waals surface area contributed by atoms with Gasteiger partial charge < -0.3 is 20.5 Å². The second-order valence-electron chi connectivity index (χ2n) is 3.98. The Morgan fingerprint density at radius 3 is 2.89 bits per heavy atom. The second-order valence-corrected chi connectivity index (χ2v) is 3.98. The molecule has 1 aromatic rings. The van der Waals surface area contributed by atoms with Gasteiger partial charge in [0, 0.05) is 25.3 Å². The zero-order chi connectivity index (χ0) is 13.4. The maximum atomic E-state index is 11.8. The molecule has 0 aliphatic rings. The van der Waals surface area contributed by atoms with E-state index >= 15 is 0 Å². The molecule has 0 heterocycles. The third kappa shape index (κ3) is 4.73. The highest BCUT2D eigenvalue weighted by Crippen LogP contribution is 2.13. The molecule has 100 valence electrons. The Hall–Kier alpha value is -1.59. The predicted molar refractivity (Wildman–Crippen MR) is 69.8 cm³/mol. The van der Waals surface area contributed by atoms with Gasteiger partial charge in [0.05, 0.1) is 6.61 Å². The van der Waals surface area contributed by atoms with E-state index in [9.17, 15) is 4.79 Å². The monoisotopic (exact) mass is 252 g/mol. The van der Waals surface area contributed by atoms with Gasteiger partial charge in [-0.05, 0) is 25.1 Å². The van der Waals surface area contributed by atoms with Crippen LogP contribution in [0, 0.1) is 0 Å². The van der Waals surface area contributed by atoms with E-state index in [1.807, 2.05) is 6.92 Å². The minimum atomic E-state index is -0.148. The molecule has 0 aliphatic heterocycles. The van der Waals surface area contributed by atoms with E-state index in [-0.39, 0.29) is 11.9 Å². The summed E-state index contributed by atoms with van der Waals surface area (Å²) in [5.41, 5.74) is 6.02. The van der Waals surface area contributed by atoms with Gasteiger partial charge in [-0.3, -0.25) is 4.79 Å². The predicted octanol–water partition coefficient (Wildman–Crippen LogP) is 0.789. The number of hydrogen-bond acceptors (Lipinski definition) is 4. The molecule has 0 saturated heterocycles. The van der Waals surface area contributed by atoms with Crippen molar-refractivity contribution < 1.29 is 14.3 Å². The number of nitrogens with one attached hydrogen (secondary N) is 1. The minimum Gasteiger partial charge on any atom is -0.491 e. The van der Waals surface area contributed by atoms with Crippen LogP contribution in [-0.2, 0) is 4.74 Å². The van der Waals surface area contributed by atoms with Gasteiger partial charge in [-0.25, -0.2) is 0 Å². The maximum absolute atomic E-state index is 11.8. The molecule has 3 N–H and O–H groups in total. The van der Waals surface area contributed by atoms with Crippen molar-refractivity contribution in [3.63, 3.8) is 0 Å². The molecule has 0 spiro atoms. The molecule has 0 radical (unpaired) electrons. The van der Waals surface area contributed by atoms with Gasteiger partial charge in [-0.2, -0.15) is 0 Å². The van der Waals surface area contributed by atoms with Crippen molar-refractivity contribution in [2.45, 2.75) is 13.0 Å². The molecule has 5 nitrogen and oxygen atoms in total. The van der Waals surface area contributed by atoms with E-state index in [2.05, 4.69) is 5.32 Å². The fraction of sp³-hybridized carbons (Fsp3) is 0.462. The fourth-order valence-corrected chi connectivity index (χ4v) is 1.34. The van der Waals surface area contributed by atoms with Crippen molar-refractivity contribution >= 4 is 5.91 Å². The van der Waals surface area contributed by atoms with Crippen LogP contribution in [-0.4, -0.2) is 38.8 Å². The summed E-state index contributed by atoms with van der Waals surface area (Å²) < 4.78 is 10.3. The van der Waals surface area contributed by atoms with Crippen molar-refractivity contribution in [3.05, 3.63) is 29.8 Å². The van der Waals surface area contributed by atoms with E-state index in [0.717, 1.165) is 0 Å². The van der Waals surface area contributed by atoms with Crippen LogP contribution in [0.15, 0.2) is 24.3 Å².